The lowest BCUT2D eigenvalue weighted by molar-refractivity contribution is -0.123. The van der Waals surface area contributed by atoms with Gasteiger partial charge in [-0.15, -0.1) is 0 Å². The Morgan fingerprint density at radius 3 is 2.94 bits per heavy atom. The lowest BCUT2D eigenvalue weighted by Crippen LogP contribution is -2.38. The molecular formula is C11H13N5O2. The maximum atomic E-state index is 11.7. The summed E-state index contributed by atoms with van der Waals surface area (Å²) in [5.74, 6) is -1.06. The van der Waals surface area contributed by atoms with Crippen molar-refractivity contribution in [3.8, 4) is 0 Å². The number of carbonyl (C=O) groups is 2. The van der Waals surface area contributed by atoms with E-state index in [1.807, 2.05) is 6.07 Å². The first-order chi connectivity index (χ1) is 8.56. The number of benzene rings is 1. The highest BCUT2D eigenvalue weighted by molar-refractivity contribution is 5.98. The van der Waals surface area contributed by atoms with Crippen molar-refractivity contribution in [3.05, 3.63) is 24.4 Å². The van der Waals surface area contributed by atoms with Gasteiger partial charge in [0.25, 0.3) is 0 Å². The molecule has 0 aliphatic rings. The fourth-order valence-corrected chi connectivity index (χ4v) is 1.56. The summed E-state index contributed by atoms with van der Waals surface area (Å²) in [5.41, 5.74) is 11.9. The predicted molar refractivity (Wildman–Crippen MR) is 66.5 cm³/mol. The molecule has 6 N–H and O–H groups in total. The van der Waals surface area contributed by atoms with Crippen LogP contribution >= 0.6 is 0 Å². The minimum Gasteiger partial charge on any atom is -0.370 e. The number of H-pyrrole nitrogens is 1. The van der Waals surface area contributed by atoms with Crippen molar-refractivity contribution in [2.24, 2.45) is 11.5 Å². The largest absolute Gasteiger partial charge is 0.370 e. The van der Waals surface area contributed by atoms with Crippen molar-refractivity contribution in [2.75, 3.05) is 5.32 Å². The van der Waals surface area contributed by atoms with Crippen LogP contribution in [0.25, 0.3) is 10.9 Å². The topological polar surface area (TPSA) is 127 Å². The second kappa shape index (κ2) is 4.84. The molecule has 0 radical (unpaired) electrons. The van der Waals surface area contributed by atoms with Crippen molar-refractivity contribution >= 4 is 28.4 Å². The van der Waals surface area contributed by atoms with E-state index in [0.717, 1.165) is 10.9 Å². The van der Waals surface area contributed by atoms with Crippen LogP contribution in [0.3, 0.4) is 0 Å². The Labute approximate surface area is 103 Å². The number of nitrogens with zero attached hydrogens (tertiary/aromatic N) is 1. The molecule has 1 heterocycles. The van der Waals surface area contributed by atoms with Gasteiger partial charge in [-0.05, 0) is 18.2 Å². The number of anilines is 1. The number of amides is 2. The third-order valence-electron chi connectivity index (χ3n) is 2.47. The van der Waals surface area contributed by atoms with Gasteiger partial charge in [-0.2, -0.15) is 5.10 Å². The molecule has 0 aliphatic heterocycles. The van der Waals surface area contributed by atoms with Crippen LogP contribution in [0.5, 0.6) is 0 Å². The molecule has 2 aromatic rings. The zero-order valence-corrected chi connectivity index (χ0v) is 9.51. The van der Waals surface area contributed by atoms with Gasteiger partial charge in [0.15, 0.2) is 0 Å². The van der Waals surface area contributed by atoms with Gasteiger partial charge in [-0.25, -0.2) is 0 Å². The van der Waals surface area contributed by atoms with Gasteiger partial charge in [0, 0.05) is 11.1 Å². The van der Waals surface area contributed by atoms with E-state index in [1.165, 1.54) is 0 Å². The molecule has 2 amide bonds. The van der Waals surface area contributed by atoms with Crippen LogP contribution < -0.4 is 16.8 Å². The summed E-state index contributed by atoms with van der Waals surface area (Å²) in [5, 5.41) is 10.2. The van der Waals surface area contributed by atoms with Crippen molar-refractivity contribution in [3.63, 3.8) is 0 Å². The van der Waals surface area contributed by atoms with E-state index < -0.39 is 17.9 Å². The van der Waals surface area contributed by atoms with Gasteiger partial charge in [0.2, 0.25) is 11.8 Å². The van der Waals surface area contributed by atoms with Crippen molar-refractivity contribution in [1.82, 2.24) is 10.2 Å². The Morgan fingerprint density at radius 1 is 1.44 bits per heavy atom. The SMILES string of the molecule is NC(=O)C[C@H](N)C(=O)Nc1ccc2cn[nH]c2c1. The summed E-state index contributed by atoms with van der Waals surface area (Å²) in [7, 11) is 0. The fraction of sp³-hybridized carbons (Fsp3) is 0.182. The Kier molecular flexibility index (Phi) is 3.24. The van der Waals surface area contributed by atoms with E-state index in [0.29, 0.717) is 5.69 Å². The minimum absolute atomic E-state index is 0.182. The first-order valence-corrected chi connectivity index (χ1v) is 5.34. The van der Waals surface area contributed by atoms with E-state index in [4.69, 9.17) is 11.5 Å². The quantitative estimate of drug-likeness (QED) is 0.591. The summed E-state index contributed by atoms with van der Waals surface area (Å²) in [6.45, 7) is 0. The zero-order chi connectivity index (χ0) is 13.1. The van der Waals surface area contributed by atoms with E-state index in [2.05, 4.69) is 15.5 Å². The number of aromatic nitrogens is 2. The average molecular weight is 247 g/mol. The summed E-state index contributed by atoms with van der Waals surface area (Å²) in [6.07, 6.45) is 1.50. The number of nitrogens with two attached hydrogens (primary N) is 2. The monoisotopic (exact) mass is 247 g/mol. The van der Waals surface area contributed by atoms with Crippen LogP contribution in [0.2, 0.25) is 0 Å². The molecule has 1 atom stereocenters. The third kappa shape index (κ3) is 2.64. The maximum absolute atomic E-state index is 11.7. The molecule has 0 unspecified atom stereocenters. The number of carbonyl (C=O) groups excluding carboxylic acids is 2. The number of hydrogen-bond donors (Lipinski definition) is 4. The normalized spacial score (nSPS) is 12.3. The molecular weight excluding hydrogens is 234 g/mol. The average Bonchev–Trinajstić information content (AvgIpc) is 2.75. The maximum Gasteiger partial charge on any atom is 0.241 e. The molecule has 0 saturated heterocycles. The highest BCUT2D eigenvalue weighted by Crippen LogP contribution is 2.16. The summed E-state index contributed by atoms with van der Waals surface area (Å²) < 4.78 is 0. The van der Waals surface area contributed by atoms with Crippen molar-refractivity contribution in [2.45, 2.75) is 12.5 Å². The lowest BCUT2D eigenvalue weighted by atomic mass is 10.2. The van der Waals surface area contributed by atoms with Crippen LogP contribution in [0.1, 0.15) is 6.42 Å². The predicted octanol–water partition coefficient (Wildman–Crippen LogP) is -0.296. The van der Waals surface area contributed by atoms with Gasteiger partial charge in [0.05, 0.1) is 24.2 Å². The molecule has 1 aromatic carbocycles. The number of nitrogens with one attached hydrogen (secondary N) is 2. The number of fused-ring (bicyclic) bond motifs is 1. The lowest BCUT2D eigenvalue weighted by Gasteiger charge is -2.10. The van der Waals surface area contributed by atoms with E-state index >= 15 is 0 Å². The molecule has 7 heteroatoms. The highest BCUT2D eigenvalue weighted by Gasteiger charge is 2.16. The van der Waals surface area contributed by atoms with Crippen molar-refractivity contribution in [1.29, 1.82) is 0 Å². The summed E-state index contributed by atoms with van der Waals surface area (Å²) >= 11 is 0. The van der Waals surface area contributed by atoms with Gasteiger partial charge in [0.1, 0.15) is 0 Å². The first kappa shape index (κ1) is 12.1. The molecule has 18 heavy (non-hydrogen) atoms. The van der Waals surface area contributed by atoms with Crippen LogP contribution in [0, 0.1) is 0 Å². The second-order valence-electron chi connectivity index (χ2n) is 3.94. The number of hydrogen-bond acceptors (Lipinski definition) is 4. The fourth-order valence-electron chi connectivity index (χ4n) is 1.56. The highest BCUT2D eigenvalue weighted by atomic mass is 16.2. The minimum atomic E-state index is -0.944. The van der Waals surface area contributed by atoms with Crippen LogP contribution in [-0.2, 0) is 9.59 Å². The smallest absolute Gasteiger partial charge is 0.241 e. The molecule has 94 valence electrons. The van der Waals surface area contributed by atoms with Crippen LogP contribution in [0.15, 0.2) is 24.4 Å². The number of aromatic amines is 1. The number of primary amides is 1. The molecule has 0 spiro atoms. The zero-order valence-electron chi connectivity index (χ0n) is 9.51. The molecule has 0 aliphatic carbocycles. The molecule has 1 aromatic heterocycles. The van der Waals surface area contributed by atoms with Gasteiger partial charge in [-0.3, -0.25) is 14.7 Å². The van der Waals surface area contributed by atoms with E-state index in [1.54, 1.807) is 18.3 Å². The Hall–Kier alpha value is -2.41. The summed E-state index contributed by atoms with van der Waals surface area (Å²) in [4.78, 5) is 22.3. The van der Waals surface area contributed by atoms with Crippen LogP contribution in [0.4, 0.5) is 5.69 Å². The third-order valence-corrected chi connectivity index (χ3v) is 2.47. The Balaban J connectivity index is 2.08. The van der Waals surface area contributed by atoms with Crippen molar-refractivity contribution < 1.29 is 9.59 Å². The standard InChI is InChI=1S/C11H13N5O2/c12-8(4-10(13)17)11(18)15-7-2-1-6-5-14-16-9(6)3-7/h1-3,5,8H,4,12H2,(H2,13,17)(H,14,16)(H,15,18)/t8-/m0/s1. The second-order valence-corrected chi connectivity index (χ2v) is 3.94. The molecule has 0 saturated carbocycles. The molecule has 7 nitrogen and oxygen atoms in total. The van der Waals surface area contributed by atoms with Gasteiger partial charge in [-0.1, -0.05) is 0 Å². The van der Waals surface area contributed by atoms with Gasteiger partial charge >= 0.3 is 0 Å². The van der Waals surface area contributed by atoms with Gasteiger partial charge < -0.3 is 16.8 Å². The Bertz CT molecular complexity index is 592. The Morgan fingerprint density at radius 2 is 2.22 bits per heavy atom. The van der Waals surface area contributed by atoms with E-state index in [-0.39, 0.29) is 6.42 Å². The van der Waals surface area contributed by atoms with E-state index in [9.17, 15) is 9.59 Å². The molecule has 0 bridgehead atoms. The molecule has 2 rings (SSSR count). The molecule has 0 fully saturated rings. The number of rotatable bonds is 4. The first-order valence-electron chi connectivity index (χ1n) is 5.34. The van der Waals surface area contributed by atoms with Crippen LogP contribution in [-0.4, -0.2) is 28.1 Å². The summed E-state index contributed by atoms with van der Waals surface area (Å²) in [6, 6.07) is 4.33.